The fraction of sp³-hybridized carbons (Fsp3) is 0.575. The number of allylic oxidation sites excluding steroid dienone is 7. The summed E-state index contributed by atoms with van der Waals surface area (Å²) in [5.41, 5.74) is 6.63. The van der Waals surface area contributed by atoms with Gasteiger partial charge in [0.2, 0.25) is 11.8 Å². The van der Waals surface area contributed by atoms with E-state index < -0.39 is 59.4 Å². The molecule has 2 unspecified atom stereocenters. The number of ether oxygens (including phenoxy) is 1. The Balaban J connectivity index is 1.40. The van der Waals surface area contributed by atoms with Gasteiger partial charge in [0.25, 0.3) is 0 Å². The standard InChI is InChI=1S/C40H59N5O6/c1-26(2)35(44-36(48)31(41)21-27-15-9-6-10-16-27)37(49)43-32(22-28-17-11-7-12-18-28)33(46)24-42-25-34(47)40(45-38(50)51-39(3,4)5)23-30(40)29-19-13-8-14-20-29/h6-7,9-13,15-17,19-20,26,28,30-35,42,46-47H,8,14,18,21-25,41H2,1-5H3,(H,43,49)(H,44,48)(H,45,50)/t28?,30?,31-,32-,33+,34+,35-,40-/m0/s1. The van der Waals surface area contributed by atoms with Gasteiger partial charge in [0.05, 0.1) is 29.8 Å². The van der Waals surface area contributed by atoms with E-state index >= 15 is 0 Å². The van der Waals surface area contributed by atoms with Crippen LogP contribution in [-0.4, -0.2) is 82.7 Å². The summed E-state index contributed by atoms with van der Waals surface area (Å²) in [6, 6.07) is 7.13. The van der Waals surface area contributed by atoms with E-state index in [-0.39, 0.29) is 30.8 Å². The SMILES string of the molecule is CC(C)[C@H](NC(=O)[C@@H](N)Cc1ccccc1)C(=O)N[C@@H](CC1C=CC=CC1)[C@H](O)CNC[C@@H](O)[C@]1(NC(=O)OC(C)(C)C)CC1C1=CCCC=C1. The summed E-state index contributed by atoms with van der Waals surface area (Å²) in [6.07, 6.45) is 15.8. The molecule has 1 aromatic carbocycles. The van der Waals surface area contributed by atoms with Crippen molar-refractivity contribution in [1.82, 2.24) is 21.3 Å². The number of aliphatic hydroxyl groups is 2. The van der Waals surface area contributed by atoms with Crippen molar-refractivity contribution < 1.29 is 29.3 Å². The van der Waals surface area contributed by atoms with Crippen LogP contribution in [-0.2, 0) is 20.7 Å². The summed E-state index contributed by atoms with van der Waals surface area (Å²) >= 11 is 0. The highest BCUT2D eigenvalue weighted by molar-refractivity contribution is 5.90. The van der Waals surface area contributed by atoms with E-state index in [4.69, 9.17) is 10.5 Å². The first-order valence-corrected chi connectivity index (χ1v) is 18.4. The maximum atomic E-state index is 13.7. The number of benzene rings is 1. The Morgan fingerprint density at radius 1 is 1.00 bits per heavy atom. The zero-order valence-electron chi connectivity index (χ0n) is 30.8. The van der Waals surface area contributed by atoms with Crippen molar-refractivity contribution in [3.05, 3.63) is 84.0 Å². The molecule has 8 atom stereocenters. The summed E-state index contributed by atoms with van der Waals surface area (Å²) in [5.74, 6) is -1.04. The predicted octanol–water partition coefficient (Wildman–Crippen LogP) is 3.58. The number of aliphatic hydroxyl groups excluding tert-OH is 2. The van der Waals surface area contributed by atoms with Crippen LogP contribution in [0, 0.1) is 17.8 Å². The zero-order chi connectivity index (χ0) is 37.2. The Morgan fingerprint density at radius 3 is 2.37 bits per heavy atom. The molecule has 0 radical (unpaired) electrons. The molecule has 1 aromatic rings. The number of hydrogen-bond donors (Lipinski definition) is 7. The number of carbonyl (C=O) groups excluding carboxylic acids is 3. The van der Waals surface area contributed by atoms with Crippen molar-refractivity contribution in [1.29, 1.82) is 0 Å². The van der Waals surface area contributed by atoms with Gasteiger partial charge in [-0.05, 0) is 82.3 Å². The monoisotopic (exact) mass is 705 g/mol. The molecule has 11 heteroatoms. The van der Waals surface area contributed by atoms with Crippen molar-refractivity contribution >= 4 is 17.9 Å². The van der Waals surface area contributed by atoms with Crippen LogP contribution in [0.2, 0.25) is 0 Å². The quantitative estimate of drug-likeness (QED) is 0.129. The molecule has 51 heavy (non-hydrogen) atoms. The first kappa shape index (κ1) is 40.0. The van der Waals surface area contributed by atoms with Gasteiger partial charge in [0, 0.05) is 19.0 Å². The van der Waals surface area contributed by atoms with E-state index in [1.807, 2.05) is 56.3 Å². The number of rotatable bonds is 17. The minimum absolute atomic E-state index is 0.0644. The molecule has 8 N–H and O–H groups in total. The minimum atomic E-state index is -1.02. The lowest BCUT2D eigenvalue weighted by atomic mass is 9.90. The number of nitrogens with one attached hydrogen (secondary N) is 4. The molecule has 0 heterocycles. The van der Waals surface area contributed by atoms with Gasteiger partial charge in [0.1, 0.15) is 11.6 Å². The average molecular weight is 706 g/mol. The molecule has 0 aromatic heterocycles. The Labute approximate surface area is 303 Å². The van der Waals surface area contributed by atoms with Crippen molar-refractivity contribution in [2.45, 2.75) is 115 Å². The van der Waals surface area contributed by atoms with Gasteiger partial charge in [-0.2, -0.15) is 0 Å². The fourth-order valence-corrected chi connectivity index (χ4v) is 6.84. The lowest BCUT2D eigenvalue weighted by Crippen LogP contribution is -2.58. The predicted molar refractivity (Wildman–Crippen MR) is 199 cm³/mol. The molecular weight excluding hydrogens is 646 g/mol. The van der Waals surface area contributed by atoms with Crippen LogP contribution < -0.4 is 27.0 Å². The highest BCUT2D eigenvalue weighted by Crippen LogP contribution is 2.52. The van der Waals surface area contributed by atoms with Crippen molar-refractivity contribution in [2.24, 2.45) is 23.5 Å². The van der Waals surface area contributed by atoms with Crippen LogP contribution in [0.15, 0.2) is 78.4 Å². The molecule has 1 saturated carbocycles. The van der Waals surface area contributed by atoms with E-state index in [0.29, 0.717) is 19.3 Å². The Bertz CT molecular complexity index is 1450. The van der Waals surface area contributed by atoms with E-state index in [2.05, 4.69) is 51.6 Å². The average Bonchev–Trinajstić information content (AvgIpc) is 3.81. The molecule has 3 aliphatic carbocycles. The van der Waals surface area contributed by atoms with Gasteiger partial charge in [-0.25, -0.2) is 4.79 Å². The van der Waals surface area contributed by atoms with Crippen LogP contribution >= 0.6 is 0 Å². The topological polar surface area (TPSA) is 175 Å². The lowest BCUT2D eigenvalue weighted by Gasteiger charge is -2.32. The smallest absolute Gasteiger partial charge is 0.408 e. The molecule has 4 rings (SSSR count). The number of alkyl carbamates (subject to hydrolysis) is 1. The maximum Gasteiger partial charge on any atom is 0.408 e. The van der Waals surface area contributed by atoms with Crippen LogP contribution in [0.25, 0.3) is 0 Å². The Hall–Kier alpha value is -3.77. The first-order chi connectivity index (χ1) is 24.2. The molecule has 11 nitrogen and oxygen atoms in total. The molecule has 0 spiro atoms. The zero-order valence-corrected chi connectivity index (χ0v) is 30.8. The highest BCUT2D eigenvalue weighted by Gasteiger charge is 2.61. The molecular formula is C40H59N5O6. The van der Waals surface area contributed by atoms with Gasteiger partial charge < -0.3 is 42.0 Å². The van der Waals surface area contributed by atoms with E-state index in [1.165, 1.54) is 0 Å². The summed E-state index contributed by atoms with van der Waals surface area (Å²) in [6.45, 7) is 9.25. The minimum Gasteiger partial charge on any atom is -0.444 e. The third-order valence-corrected chi connectivity index (χ3v) is 9.75. The molecule has 3 amide bonds. The Kier molecular flexibility index (Phi) is 14.2. The molecule has 0 bridgehead atoms. The first-order valence-electron chi connectivity index (χ1n) is 18.4. The number of hydrogen-bond acceptors (Lipinski definition) is 8. The third kappa shape index (κ3) is 11.9. The van der Waals surface area contributed by atoms with Gasteiger partial charge >= 0.3 is 6.09 Å². The van der Waals surface area contributed by atoms with Crippen LogP contribution in [0.5, 0.6) is 0 Å². The maximum absolute atomic E-state index is 13.7. The highest BCUT2D eigenvalue weighted by atomic mass is 16.6. The number of nitrogens with two attached hydrogens (primary N) is 1. The summed E-state index contributed by atoms with van der Waals surface area (Å²) in [5, 5.41) is 35.0. The summed E-state index contributed by atoms with van der Waals surface area (Å²) < 4.78 is 5.54. The second-order valence-electron chi connectivity index (χ2n) is 15.5. The molecule has 0 saturated heterocycles. The largest absolute Gasteiger partial charge is 0.444 e. The van der Waals surface area contributed by atoms with E-state index in [0.717, 1.165) is 30.4 Å². The van der Waals surface area contributed by atoms with Gasteiger partial charge in [-0.15, -0.1) is 0 Å². The third-order valence-electron chi connectivity index (χ3n) is 9.75. The fourth-order valence-electron chi connectivity index (χ4n) is 6.84. The van der Waals surface area contributed by atoms with E-state index in [9.17, 15) is 24.6 Å². The van der Waals surface area contributed by atoms with Crippen LogP contribution in [0.1, 0.15) is 72.3 Å². The van der Waals surface area contributed by atoms with Crippen LogP contribution in [0.3, 0.4) is 0 Å². The lowest BCUT2D eigenvalue weighted by molar-refractivity contribution is -0.131. The van der Waals surface area contributed by atoms with Gasteiger partial charge in [-0.3, -0.25) is 9.59 Å². The van der Waals surface area contributed by atoms with Gasteiger partial charge in [-0.1, -0.05) is 86.7 Å². The van der Waals surface area contributed by atoms with Crippen molar-refractivity contribution in [3.63, 3.8) is 0 Å². The molecule has 280 valence electrons. The Morgan fingerprint density at radius 2 is 1.75 bits per heavy atom. The molecule has 3 aliphatic rings. The summed E-state index contributed by atoms with van der Waals surface area (Å²) in [7, 11) is 0. The van der Waals surface area contributed by atoms with Crippen molar-refractivity contribution in [3.8, 4) is 0 Å². The number of carbonyl (C=O) groups is 3. The van der Waals surface area contributed by atoms with E-state index in [1.54, 1.807) is 20.8 Å². The molecule has 0 aliphatic heterocycles. The van der Waals surface area contributed by atoms with Crippen LogP contribution in [0.4, 0.5) is 4.79 Å². The normalized spacial score (nSPS) is 24.1. The van der Waals surface area contributed by atoms with Gasteiger partial charge in [0.15, 0.2) is 0 Å². The molecule has 1 fully saturated rings. The number of amides is 3. The second-order valence-corrected chi connectivity index (χ2v) is 15.5. The summed E-state index contributed by atoms with van der Waals surface area (Å²) in [4.78, 5) is 39.7. The van der Waals surface area contributed by atoms with Crippen molar-refractivity contribution in [2.75, 3.05) is 13.1 Å². The second kappa shape index (κ2) is 18.1.